The molecule has 4 unspecified atom stereocenters. The van der Waals surface area contributed by atoms with Crippen LogP contribution in [0.25, 0.3) is 11.1 Å². The van der Waals surface area contributed by atoms with Crippen molar-refractivity contribution in [3.63, 3.8) is 0 Å². The molecule has 0 aromatic heterocycles. The number of nitrogens with zero attached hydrogens (tertiary/aromatic N) is 1. The van der Waals surface area contributed by atoms with Crippen LogP contribution in [0.5, 0.6) is 5.75 Å². The van der Waals surface area contributed by atoms with E-state index in [0.29, 0.717) is 31.8 Å². The molecular formula is C105H110FNO13SSi. The second kappa shape index (κ2) is 42.8. The first-order valence-corrected chi connectivity index (χ1v) is 46.4. The van der Waals surface area contributed by atoms with Gasteiger partial charge in [0.05, 0.1) is 83.6 Å². The Morgan fingerprint density at radius 1 is 0.418 bits per heavy atom. The first-order chi connectivity index (χ1) is 59.7. The molecule has 630 valence electrons. The van der Waals surface area contributed by atoms with Crippen LogP contribution in [-0.4, -0.2) is 94.4 Å². The number of β-lactam (4-membered cyclic amide) rings is 1. The van der Waals surface area contributed by atoms with Gasteiger partial charge in [0.25, 0.3) is 0 Å². The summed E-state index contributed by atoms with van der Waals surface area (Å²) in [5.41, 5.74) is 12.3. The summed E-state index contributed by atoms with van der Waals surface area (Å²) in [7, 11) is -2.44. The summed E-state index contributed by atoms with van der Waals surface area (Å²) in [4.78, 5) is 18.5. The molecule has 13 atom stereocenters. The maximum Gasteiger partial charge on any atom is 0.233 e. The topological polar surface area (TPSA) is 131 Å². The van der Waals surface area contributed by atoms with Crippen molar-refractivity contribution >= 4 is 31.7 Å². The normalized spacial score (nSPS) is 21.4. The molecule has 12 aromatic rings. The summed E-state index contributed by atoms with van der Waals surface area (Å²) in [5.74, 6) is 0.231. The highest BCUT2D eigenvalue weighted by atomic mass is 32.2. The van der Waals surface area contributed by atoms with E-state index in [9.17, 15) is 4.39 Å². The standard InChI is InChI=1S/C105H110FNO13SSi/c1-105(2,3)122(4,5)120-91(83-54-57-86(106)58-55-83)61-60-90-96(107(103(90)108)87-51-31-14-32-52-87)89-59-56-85(84-50-33-53-88(62-84)111-66-77-38-19-8-20-39-77)63-95(89)121-74-94-98(113-68-79-42-23-10-24-43-79)100(114-69-80-44-25-11-26-45-80)99(93(117-94)73-110-65-76-36-17-7-18-37-76)119-104-102(116-71-82-48-29-13-30-49-82)101(115-70-81-46-27-12-28-47-81)97(112-67-78-40-21-9-22-41-78)92(118-104)72-109-64-75-34-15-6-16-35-75/h6-59,62-63,90-94,96-102,104H,60-61,64-74H2,1-5H3/t90-,91+,92?,93?,94+,96-,97-,98?,99-,100+,101-,102?,104+/m1/s1. The largest absolute Gasteiger partial charge is 0.489 e. The molecule has 3 saturated heterocycles. The summed E-state index contributed by atoms with van der Waals surface area (Å²) in [6.07, 6.45) is -8.42. The molecule has 12 aromatic carbocycles. The molecule has 0 saturated carbocycles. The average molecular weight is 1670 g/mol. The number of amides is 1. The molecule has 0 bridgehead atoms. The Balaban J connectivity index is 0.849. The molecular weight excluding hydrogens is 1560 g/mol. The van der Waals surface area contributed by atoms with Crippen molar-refractivity contribution in [1.29, 1.82) is 0 Å². The van der Waals surface area contributed by atoms with Gasteiger partial charge in [-0.05, 0) is 140 Å². The van der Waals surface area contributed by atoms with Gasteiger partial charge < -0.3 is 61.4 Å². The predicted octanol–water partition coefficient (Wildman–Crippen LogP) is 22.6. The van der Waals surface area contributed by atoms with Crippen LogP contribution in [0.2, 0.25) is 18.1 Å². The van der Waals surface area contributed by atoms with Gasteiger partial charge in [-0.3, -0.25) is 4.79 Å². The molecule has 122 heavy (non-hydrogen) atoms. The SMILES string of the molecule is CC(C)(C)[Si](C)(C)O[C@@H](CC[C@H]1C(=O)N(c2ccccc2)[C@@H]1c1ccc(-c2cccc(OCc3ccccc3)c2)cc1SC[C@@H]1OC(COCc2ccccc2)[C@@H](O[C@@H]2OC(COCc3ccccc3)[C@@H](OCc3ccccc3)[C@@H](OCc3ccccc3)C2OCc2ccccc2)[C@@H](OCc2ccccc2)C1OCc1ccccc1)c1ccc(F)cc1. The first kappa shape index (κ1) is 86.9. The predicted molar refractivity (Wildman–Crippen MR) is 480 cm³/mol. The molecule has 3 aliphatic rings. The number of ether oxygens (including phenoxy) is 11. The third kappa shape index (κ3) is 23.3. The minimum absolute atomic E-state index is 0.00690. The number of hydrogen-bond donors (Lipinski definition) is 0. The van der Waals surface area contributed by atoms with Crippen molar-refractivity contribution in [3.05, 3.63) is 401 Å². The highest BCUT2D eigenvalue weighted by Crippen LogP contribution is 2.51. The number of carbonyl (C=O) groups excluding carboxylic acids is 1. The van der Waals surface area contributed by atoms with Gasteiger partial charge in [0.2, 0.25) is 5.91 Å². The number of carbonyl (C=O) groups is 1. The molecule has 3 fully saturated rings. The van der Waals surface area contributed by atoms with Crippen LogP contribution in [0.15, 0.2) is 345 Å². The fourth-order valence-electron chi connectivity index (χ4n) is 15.9. The van der Waals surface area contributed by atoms with E-state index in [4.69, 9.17) is 56.5 Å². The van der Waals surface area contributed by atoms with Gasteiger partial charge in [0.1, 0.15) is 67.0 Å². The smallest absolute Gasteiger partial charge is 0.233 e. The maximum absolute atomic E-state index is 15.6. The van der Waals surface area contributed by atoms with Crippen LogP contribution in [0.3, 0.4) is 0 Å². The molecule has 14 nitrogen and oxygen atoms in total. The lowest BCUT2D eigenvalue weighted by atomic mass is 9.78. The lowest BCUT2D eigenvalue weighted by Crippen LogP contribution is -2.66. The Labute approximate surface area is 723 Å². The summed E-state index contributed by atoms with van der Waals surface area (Å²) in [6.45, 7) is 13.2. The Kier molecular flexibility index (Phi) is 30.5. The summed E-state index contributed by atoms with van der Waals surface area (Å²) in [5, 5.41) is -0.131. The van der Waals surface area contributed by atoms with Gasteiger partial charge >= 0.3 is 0 Å². The fourth-order valence-corrected chi connectivity index (χ4v) is 18.4. The molecule has 1 amide bonds. The van der Waals surface area contributed by atoms with Crippen molar-refractivity contribution in [1.82, 2.24) is 0 Å². The Morgan fingerprint density at radius 3 is 1.30 bits per heavy atom. The summed E-state index contributed by atoms with van der Waals surface area (Å²) in [6, 6.07) is 112. The first-order valence-electron chi connectivity index (χ1n) is 42.5. The van der Waals surface area contributed by atoms with Crippen molar-refractivity contribution in [2.75, 3.05) is 23.9 Å². The van der Waals surface area contributed by atoms with Crippen molar-refractivity contribution < 1.29 is 65.7 Å². The van der Waals surface area contributed by atoms with Crippen LogP contribution >= 0.6 is 11.8 Å². The minimum atomic E-state index is -2.44. The summed E-state index contributed by atoms with van der Waals surface area (Å²) >= 11 is 1.65. The summed E-state index contributed by atoms with van der Waals surface area (Å²) < 4.78 is 103. The highest BCUT2D eigenvalue weighted by Gasteiger charge is 2.56. The Hall–Kier alpha value is -10.0. The van der Waals surface area contributed by atoms with Gasteiger partial charge in [-0.1, -0.05) is 318 Å². The van der Waals surface area contributed by atoms with E-state index in [1.807, 2.05) is 241 Å². The fraction of sp³-hybridized carbons (Fsp3) is 0.305. The van der Waals surface area contributed by atoms with E-state index in [0.717, 1.165) is 83.1 Å². The van der Waals surface area contributed by atoms with Crippen LogP contribution < -0.4 is 9.64 Å². The number of para-hydroxylation sites is 1. The number of halogens is 1. The van der Waals surface area contributed by atoms with E-state index in [1.165, 1.54) is 12.1 Å². The minimum Gasteiger partial charge on any atom is -0.489 e. The van der Waals surface area contributed by atoms with Gasteiger partial charge in [0.15, 0.2) is 14.6 Å². The molecule has 0 radical (unpaired) electrons. The van der Waals surface area contributed by atoms with Gasteiger partial charge in [0, 0.05) is 16.3 Å². The molecule has 3 aliphatic heterocycles. The second-order valence-corrected chi connectivity index (χ2v) is 38.9. The van der Waals surface area contributed by atoms with Crippen LogP contribution in [0, 0.1) is 11.7 Å². The van der Waals surface area contributed by atoms with Crippen molar-refractivity contribution in [3.8, 4) is 16.9 Å². The van der Waals surface area contributed by atoms with Crippen LogP contribution in [0.4, 0.5) is 10.1 Å². The third-order valence-electron chi connectivity index (χ3n) is 23.5. The molecule has 3 heterocycles. The van der Waals surface area contributed by atoms with E-state index in [1.54, 1.807) is 11.8 Å². The molecule has 0 spiro atoms. The molecule has 17 heteroatoms. The zero-order valence-corrected chi connectivity index (χ0v) is 71.9. The van der Waals surface area contributed by atoms with E-state index < -0.39 is 87.6 Å². The van der Waals surface area contributed by atoms with Crippen molar-refractivity contribution in [2.24, 2.45) is 5.92 Å². The molecule has 0 N–H and O–H groups in total. The number of rotatable bonds is 40. The second-order valence-electron chi connectivity index (χ2n) is 33.1. The van der Waals surface area contributed by atoms with Crippen molar-refractivity contribution in [2.45, 2.75) is 183 Å². The Morgan fingerprint density at radius 2 is 0.828 bits per heavy atom. The average Bonchev–Trinajstić information content (AvgIpc) is 0.728. The van der Waals surface area contributed by atoms with E-state index in [-0.39, 0.29) is 69.6 Å². The number of benzene rings is 12. The van der Waals surface area contributed by atoms with E-state index in [2.05, 4.69) is 125 Å². The third-order valence-corrected chi connectivity index (χ3v) is 29.1. The van der Waals surface area contributed by atoms with Gasteiger partial charge in [-0.2, -0.15) is 0 Å². The van der Waals surface area contributed by atoms with Gasteiger partial charge in [-0.15, -0.1) is 11.8 Å². The number of hydrogen-bond acceptors (Lipinski definition) is 14. The molecule has 15 rings (SSSR count). The zero-order valence-electron chi connectivity index (χ0n) is 70.1. The van der Waals surface area contributed by atoms with Crippen LogP contribution in [-0.2, 0) is 109 Å². The molecule has 0 aliphatic carbocycles. The quantitative estimate of drug-likeness (QED) is 0.0205. The van der Waals surface area contributed by atoms with Crippen LogP contribution in [0.1, 0.15) is 101 Å². The lowest BCUT2D eigenvalue weighted by molar-refractivity contribution is -0.362. The number of thioether (sulfide) groups is 1. The Bertz CT molecular complexity index is 5130. The maximum atomic E-state index is 15.6. The zero-order chi connectivity index (χ0) is 83.9. The van der Waals surface area contributed by atoms with Gasteiger partial charge in [-0.25, -0.2) is 4.39 Å². The highest BCUT2D eigenvalue weighted by molar-refractivity contribution is 7.99. The number of anilines is 1. The lowest BCUT2D eigenvalue weighted by Gasteiger charge is -2.50. The van der Waals surface area contributed by atoms with E-state index >= 15 is 4.79 Å². The monoisotopic (exact) mass is 1670 g/mol.